The molecule has 2 saturated carbocycles. The van der Waals surface area contributed by atoms with Gasteiger partial charge >= 0.3 is 13.6 Å². The lowest BCUT2D eigenvalue weighted by atomic mass is 9.76. The van der Waals surface area contributed by atoms with Gasteiger partial charge in [-0.25, -0.2) is 0 Å². The minimum atomic E-state index is -3.96. The quantitative estimate of drug-likeness (QED) is 0.203. The highest BCUT2D eigenvalue weighted by Crippen LogP contribution is 2.65. The number of carbonyl (C=O) groups is 1. The normalized spacial score (nSPS) is 30.8. The molecule has 1 aromatic rings. The van der Waals surface area contributed by atoms with Crippen LogP contribution in [0.3, 0.4) is 0 Å². The summed E-state index contributed by atoms with van der Waals surface area (Å²) >= 11 is 0. The summed E-state index contributed by atoms with van der Waals surface area (Å²) in [6, 6.07) is 3.58. The summed E-state index contributed by atoms with van der Waals surface area (Å²) in [7, 11) is -3.96. The molecule has 2 aliphatic carbocycles. The van der Waals surface area contributed by atoms with E-state index in [0.717, 1.165) is 38.5 Å². The van der Waals surface area contributed by atoms with Crippen molar-refractivity contribution in [2.45, 2.75) is 118 Å². The zero-order valence-electron chi connectivity index (χ0n) is 25.0. The molecule has 0 bridgehead atoms. The van der Waals surface area contributed by atoms with Crippen molar-refractivity contribution in [3.05, 3.63) is 30.1 Å². The molecule has 3 rings (SSSR count). The first-order valence-corrected chi connectivity index (χ1v) is 16.6. The van der Waals surface area contributed by atoms with Crippen LogP contribution in [0, 0.1) is 41.4 Å². The topological polar surface area (TPSA) is 74.7 Å². The lowest BCUT2D eigenvalue weighted by Gasteiger charge is -2.42. The summed E-state index contributed by atoms with van der Waals surface area (Å²) in [6.45, 7) is 17.3. The highest BCUT2D eigenvalue weighted by molar-refractivity contribution is 7.54. The Hall–Kier alpha value is -1.23. The summed E-state index contributed by atoms with van der Waals surface area (Å²) in [5.41, 5.74) is 0.556. The average Bonchev–Trinajstić information content (AvgIpc) is 2.85. The molecule has 7 unspecified atom stereocenters. The maximum absolute atomic E-state index is 15.2. The molecule has 216 valence electrons. The summed E-state index contributed by atoms with van der Waals surface area (Å²) in [5, 5.41) is 0. The van der Waals surface area contributed by atoms with E-state index < -0.39 is 19.4 Å². The molecule has 6 nitrogen and oxygen atoms in total. The molecule has 1 heterocycles. The van der Waals surface area contributed by atoms with Gasteiger partial charge in [0.2, 0.25) is 5.85 Å². The molecule has 0 radical (unpaired) electrons. The Morgan fingerprint density at radius 2 is 1.45 bits per heavy atom. The summed E-state index contributed by atoms with van der Waals surface area (Å²) in [5.74, 6) is 1.14. The first kappa shape index (κ1) is 31.3. The Morgan fingerprint density at radius 1 is 0.921 bits per heavy atom. The number of ether oxygens (including phenoxy) is 1. The van der Waals surface area contributed by atoms with Gasteiger partial charge in [-0.15, -0.1) is 0 Å². The second kappa shape index (κ2) is 13.9. The van der Waals surface area contributed by atoms with E-state index in [2.05, 4.69) is 46.5 Å². The zero-order chi connectivity index (χ0) is 28.0. The minimum absolute atomic E-state index is 0.119. The molecule has 7 atom stereocenters. The fraction of sp³-hybridized carbons (Fsp3) is 0.806. The molecule has 2 aliphatic rings. The van der Waals surface area contributed by atoms with Crippen LogP contribution in [0.25, 0.3) is 0 Å². The minimum Gasteiger partial charge on any atom is -0.444 e. The summed E-state index contributed by atoms with van der Waals surface area (Å²) in [4.78, 5) is 17.3. The van der Waals surface area contributed by atoms with Crippen LogP contribution in [0.5, 0.6) is 0 Å². The maximum Gasteiger partial charge on any atom is 0.376 e. The number of rotatable bonds is 11. The third-order valence-electron chi connectivity index (χ3n) is 8.85. The number of esters is 1. The Kier molecular flexibility index (Phi) is 11.5. The van der Waals surface area contributed by atoms with Crippen LogP contribution in [-0.4, -0.2) is 23.2 Å². The Morgan fingerprint density at radius 3 is 1.87 bits per heavy atom. The smallest absolute Gasteiger partial charge is 0.376 e. The van der Waals surface area contributed by atoms with E-state index in [9.17, 15) is 4.79 Å². The third-order valence-corrected chi connectivity index (χ3v) is 11.0. The van der Waals surface area contributed by atoms with Crippen LogP contribution in [-0.2, 0) is 23.1 Å². The van der Waals surface area contributed by atoms with Crippen molar-refractivity contribution >= 4 is 13.6 Å². The number of nitrogens with zero attached hydrogens (tertiary/aromatic N) is 1. The largest absolute Gasteiger partial charge is 0.444 e. The van der Waals surface area contributed by atoms with Gasteiger partial charge in [0.1, 0.15) is 0 Å². The summed E-state index contributed by atoms with van der Waals surface area (Å²) < 4.78 is 34.5. The second-order valence-electron chi connectivity index (χ2n) is 13.1. The monoisotopic (exact) mass is 549 g/mol. The van der Waals surface area contributed by atoms with Gasteiger partial charge in [0.15, 0.2) is 0 Å². The standard InChI is InChI=1S/C31H52NO5P/c1-20(2)16-30(33)35-31(27-10-9-15-32-19-27)38(34,36-28-17-25(21(3)4)13-11-23(28)7)37-29-18-26(22(5)6)14-12-24(29)8/h9-10,15,19-26,28-29,31H,11-14,16-18H2,1-8H3. The van der Waals surface area contributed by atoms with Gasteiger partial charge in [0.25, 0.3) is 0 Å². The van der Waals surface area contributed by atoms with Crippen molar-refractivity contribution in [2.24, 2.45) is 41.4 Å². The molecule has 1 aromatic heterocycles. The highest BCUT2D eigenvalue weighted by Gasteiger charge is 2.48. The molecule has 0 aromatic carbocycles. The van der Waals surface area contributed by atoms with Crippen LogP contribution in [0.4, 0.5) is 0 Å². The predicted octanol–water partition coefficient (Wildman–Crippen LogP) is 8.82. The van der Waals surface area contributed by atoms with Gasteiger partial charge in [-0.3, -0.25) is 14.3 Å². The Labute approximate surface area is 231 Å². The van der Waals surface area contributed by atoms with E-state index in [0.29, 0.717) is 29.2 Å². The van der Waals surface area contributed by atoms with Crippen LogP contribution >= 0.6 is 7.60 Å². The summed E-state index contributed by atoms with van der Waals surface area (Å²) in [6.07, 6.45) is 9.09. The molecule has 0 spiro atoms. The molecule has 7 heteroatoms. The fourth-order valence-corrected chi connectivity index (χ4v) is 8.36. The number of pyridine rings is 1. The lowest BCUT2D eigenvalue weighted by molar-refractivity contribution is -0.148. The first-order valence-electron chi connectivity index (χ1n) is 15.0. The number of hydrogen-bond donors (Lipinski definition) is 0. The van der Waals surface area contributed by atoms with Gasteiger partial charge < -0.3 is 13.8 Å². The van der Waals surface area contributed by atoms with Crippen molar-refractivity contribution in [3.63, 3.8) is 0 Å². The molecule has 2 fully saturated rings. The van der Waals surface area contributed by atoms with Crippen LogP contribution in [0.15, 0.2) is 24.5 Å². The maximum atomic E-state index is 15.2. The molecule has 0 aliphatic heterocycles. The van der Waals surface area contributed by atoms with E-state index in [4.69, 9.17) is 13.8 Å². The SMILES string of the molecule is CC(C)CC(=O)OC(c1cccnc1)P(=O)(OC1CC(C(C)C)CCC1C)OC1CC(C(C)C)CCC1C. The van der Waals surface area contributed by atoms with Crippen molar-refractivity contribution in [1.29, 1.82) is 0 Å². The van der Waals surface area contributed by atoms with E-state index in [1.165, 1.54) is 0 Å². The molecule has 38 heavy (non-hydrogen) atoms. The van der Waals surface area contributed by atoms with Gasteiger partial charge in [-0.2, -0.15) is 0 Å². The predicted molar refractivity (Wildman–Crippen MR) is 153 cm³/mol. The van der Waals surface area contributed by atoms with Crippen LogP contribution < -0.4 is 0 Å². The second-order valence-corrected chi connectivity index (χ2v) is 15.1. The number of hydrogen-bond acceptors (Lipinski definition) is 6. The van der Waals surface area contributed by atoms with E-state index in [1.54, 1.807) is 18.5 Å². The average molecular weight is 550 g/mol. The molecular formula is C31H52NO5P. The van der Waals surface area contributed by atoms with Gasteiger partial charge in [0, 0.05) is 24.4 Å². The molecule has 0 amide bonds. The van der Waals surface area contributed by atoms with Gasteiger partial charge in [0.05, 0.1) is 12.2 Å². The van der Waals surface area contributed by atoms with Crippen molar-refractivity contribution < 1.29 is 23.1 Å². The van der Waals surface area contributed by atoms with E-state index in [-0.39, 0.29) is 36.4 Å². The Bertz CT molecular complexity index is 882. The van der Waals surface area contributed by atoms with Crippen molar-refractivity contribution in [2.75, 3.05) is 0 Å². The van der Waals surface area contributed by atoms with Crippen LogP contribution in [0.1, 0.15) is 112 Å². The highest BCUT2D eigenvalue weighted by atomic mass is 31.2. The Balaban J connectivity index is 2.00. The number of aromatic nitrogens is 1. The zero-order valence-corrected chi connectivity index (χ0v) is 25.9. The van der Waals surface area contributed by atoms with Crippen molar-refractivity contribution in [3.8, 4) is 0 Å². The van der Waals surface area contributed by atoms with Gasteiger partial charge in [-0.1, -0.05) is 61.5 Å². The number of carbonyl (C=O) groups excluding carboxylic acids is 1. The van der Waals surface area contributed by atoms with E-state index in [1.807, 2.05) is 19.9 Å². The third kappa shape index (κ3) is 8.38. The fourth-order valence-electron chi connectivity index (χ4n) is 5.98. The lowest BCUT2D eigenvalue weighted by Crippen LogP contribution is -2.35. The molecular weight excluding hydrogens is 497 g/mol. The molecule has 0 N–H and O–H groups in total. The van der Waals surface area contributed by atoms with Gasteiger partial charge in [-0.05, 0) is 86.0 Å². The van der Waals surface area contributed by atoms with Crippen molar-refractivity contribution in [1.82, 2.24) is 4.98 Å². The first-order chi connectivity index (χ1) is 17.9. The van der Waals surface area contributed by atoms with E-state index >= 15 is 4.57 Å². The van der Waals surface area contributed by atoms with Crippen LogP contribution in [0.2, 0.25) is 0 Å². The molecule has 0 saturated heterocycles.